The first-order valence-electron chi connectivity index (χ1n) is 9.54. The maximum absolute atomic E-state index is 11.8. The Balaban J connectivity index is 1.62. The van der Waals surface area contributed by atoms with Crippen LogP contribution in [0.15, 0.2) is 42.5 Å². The van der Waals surface area contributed by atoms with Crippen molar-refractivity contribution >= 4 is 29.2 Å². The van der Waals surface area contributed by atoms with Gasteiger partial charge >= 0.3 is 5.97 Å². The van der Waals surface area contributed by atoms with E-state index < -0.39 is 5.97 Å². The van der Waals surface area contributed by atoms with E-state index in [2.05, 4.69) is 28.6 Å². The molecular weight excluding hydrogens is 356 g/mol. The number of carboxylic acids is 1. The first-order chi connectivity index (χ1) is 13.0. The second-order valence-electron chi connectivity index (χ2n) is 7.59. The molecule has 140 valence electrons. The Morgan fingerprint density at radius 1 is 1.22 bits per heavy atom. The minimum absolute atomic E-state index is 0.263. The predicted octanol–water partition coefficient (Wildman–Crippen LogP) is 5.41. The van der Waals surface area contributed by atoms with E-state index in [0.29, 0.717) is 11.3 Å². The summed E-state index contributed by atoms with van der Waals surface area (Å²) in [6.07, 6.45) is 4.32. The summed E-state index contributed by atoms with van der Waals surface area (Å²) >= 11 is 5.52. The van der Waals surface area contributed by atoms with Crippen LogP contribution in [-0.4, -0.2) is 20.6 Å². The summed E-state index contributed by atoms with van der Waals surface area (Å²) in [5.74, 6) is -0.831. The van der Waals surface area contributed by atoms with Crippen molar-refractivity contribution in [2.24, 2.45) is 5.92 Å². The van der Waals surface area contributed by atoms with Gasteiger partial charge in [-0.2, -0.15) is 0 Å². The average Bonchev–Trinajstić information content (AvgIpc) is 3.27. The SMILES string of the molecule is Cc1cccc2c1[nH]c(=S)n2Cc1ccc(C(C(=O)O)C2CCCC2)cc1. The van der Waals surface area contributed by atoms with E-state index in [9.17, 15) is 9.90 Å². The fourth-order valence-electron chi connectivity index (χ4n) is 4.40. The Bertz CT molecular complexity index is 1030. The number of aliphatic carboxylic acids is 1. The minimum Gasteiger partial charge on any atom is -0.481 e. The Kier molecular flexibility index (Phi) is 4.87. The Labute approximate surface area is 163 Å². The molecule has 3 aromatic rings. The standard InChI is InChI=1S/C22H24N2O2S/c1-14-5-4-8-18-20(14)23-22(27)24(18)13-15-9-11-17(12-10-15)19(21(25)26)16-6-2-3-7-16/h4-5,8-12,16,19H,2-3,6-7,13H2,1H3,(H,23,27)(H,25,26). The second-order valence-corrected chi connectivity index (χ2v) is 7.97. The van der Waals surface area contributed by atoms with Gasteiger partial charge in [0.1, 0.15) is 0 Å². The number of imidazole rings is 1. The first kappa shape index (κ1) is 18.0. The monoisotopic (exact) mass is 380 g/mol. The molecule has 1 heterocycles. The van der Waals surface area contributed by atoms with Gasteiger partial charge in [-0.1, -0.05) is 49.2 Å². The molecule has 2 N–H and O–H groups in total. The fourth-order valence-corrected chi connectivity index (χ4v) is 4.67. The smallest absolute Gasteiger partial charge is 0.311 e. The highest BCUT2D eigenvalue weighted by atomic mass is 32.1. The molecule has 0 amide bonds. The lowest BCUT2D eigenvalue weighted by Gasteiger charge is -2.20. The van der Waals surface area contributed by atoms with Crippen molar-refractivity contribution in [2.75, 3.05) is 0 Å². The molecule has 1 aromatic heterocycles. The number of aromatic nitrogens is 2. The van der Waals surface area contributed by atoms with Crippen molar-refractivity contribution in [1.29, 1.82) is 0 Å². The summed E-state index contributed by atoms with van der Waals surface area (Å²) in [5.41, 5.74) is 5.38. The number of para-hydroxylation sites is 1. The summed E-state index contributed by atoms with van der Waals surface area (Å²) in [4.78, 5) is 15.1. The number of aryl methyl sites for hydroxylation is 1. The maximum atomic E-state index is 11.8. The van der Waals surface area contributed by atoms with Gasteiger partial charge in [0.25, 0.3) is 0 Å². The van der Waals surface area contributed by atoms with Crippen LogP contribution in [0.3, 0.4) is 0 Å². The molecule has 1 aliphatic rings. The number of carboxylic acid groups (broad SMARTS) is 1. The van der Waals surface area contributed by atoms with Gasteiger partial charge in [-0.15, -0.1) is 0 Å². The fraction of sp³-hybridized carbons (Fsp3) is 0.364. The normalized spacial score (nSPS) is 16.0. The molecule has 1 aliphatic carbocycles. The molecule has 1 atom stereocenters. The Morgan fingerprint density at radius 3 is 2.59 bits per heavy atom. The average molecular weight is 381 g/mol. The molecule has 0 aliphatic heterocycles. The van der Waals surface area contributed by atoms with Gasteiger partial charge in [0.05, 0.1) is 23.5 Å². The molecule has 27 heavy (non-hydrogen) atoms. The molecule has 4 nitrogen and oxygen atoms in total. The quantitative estimate of drug-likeness (QED) is 0.582. The molecular formula is C22H24N2O2S. The summed E-state index contributed by atoms with van der Waals surface area (Å²) in [6.45, 7) is 2.74. The van der Waals surface area contributed by atoms with Crippen LogP contribution < -0.4 is 0 Å². The van der Waals surface area contributed by atoms with E-state index in [1.807, 2.05) is 30.3 Å². The Morgan fingerprint density at radius 2 is 1.93 bits per heavy atom. The van der Waals surface area contributed by atoms with Crippen LogP contribution in [0.2, 0.25) is 0 Å². The number of nitrogens with zero attached hydrogens (tertiary/aromatic N) is 1. The maximum Gasteiger partial charge on any atom is 0.311 e. The lowest BCUT2D eigenvalue weighted by Crippen LogP contribution is -2.19. The van der Waals surface area contributed by atoms with Crippen molar-refractivity contribution in [3.63, 3.8) is 0 Å². The number of nitrogens with one attached hydrogen (secondary N) is 1. The van der Waals surface area contributed by atoms with Crippen molar-refractivity contribution in [2.45, 2.75) is 45.1 Å². The van der Waals surface area contributed by atoms with Gasteiger partial charge in [0, 0.05) is 0 Å². The van der Waals surface area contributed by atoms with Gasteiger partial charge in [-0.25, -0.2) is 0 Å². The van der Waals surface area contributed by atoms with Gasteiger partial charge in [-0.3, -0.25) is 4.79 Å². The van der Waals surface area contributed by atoms with Crippen LogP contribution in [0.4, 0.5) is 0 Å². The van der Waals surface area contributed by atoms with E-state index in [4.69, 9.17) is 12.2 Å². The van der Waals surface area contributed by atoms with Crippen LogP contribution in [-0.2, 0) is 11.3 Å². The lowest BCUT2D eigenvalue weighted by atomic mass is 9.84. The highest BCUT2D eigenvalue weighted by Crippen LogP contribution is 2.37. The van der Waals surface area contributed by atoms with Crippen molar-refractivity contribution in [3.05, 3.63) is 63.9 Å². The molecule has 0 spiro atoms. The topological polar surface area (TPSA) is 58.0 Å². The summed E-state index contributed by atoms with van der Waals surface area (Å²) < 4.78 is 2.80. The minimum atomic E-state index is -0.705. The van der Waals surface area contributed by atoms with Crippen molar-refractivity contribution in [1.82, 2.24) is 9.55 Å². The zero-order valence-electron chi connectivity index (χ0n) is 15.4. The van der Waals surface area contributed by atoms with Crippen molar-refractivity contribution in [3.8, 4) is 0 Å². The zero-order valence-corrected chi connectivity index (χ0v) is 16.3. The molecule has 2 aromatic carbocycles. The van der Waals surface area contributed by atoms with Gasteiger partial charge < -0.3 is 14.7 Å². The Hall–Kier alpha value is -2.40. The van der Waals surface area contributed by atoms with Gasteiger partial charge in [-0.05, 0) is 60.7 Å². The molecule has 0 saturated heterocycles. The molecule has 4 rings (SSSR count). The first-order valence-corrected chi connectivity index (χ1v) is 9.95. The molecule has 1 fully saturated rings. The largest absolute Gasteiger partial charge is 0.481 e. The van der Waals surface area contributed by atoms with Crippen LogP contribution in [0.25, 0.3) is 11.0 Å². The predicted molar refractivity (Wildman–Crippen MR) is 110 cm³/mol. The summed E-state index contributed by atoms with van der Waals surface area (Å²) in [6, 6.07) is 14.2. The third kappa shape index (κ3) is 3.44. The number of fused-ring (bicyclic) bond motifs is 1. The lowest BCUT2D eigenvalue weighted by molar-refractivity contribution is -0.140. The van der Waals surface area contributed by atoms with Gasteiger partial charge in [0.15, 0.2) is 4.77 Å². The van der Waals surface area contributed by atoms with Crippen LogP contribution in [0.1, 0.15) is 48.3 Å². The number of H-pyrrole nitrogens is 1. The number of aromatic amines is 1. The second kappa shape index (κ2) is 7.31. The highest BCUT2D eigenvalue weighted by Gasteiger charge is 2.31. The highest BCUT2D eigenvalue weighted by molar-refractivity contribution is 7.71. The third-order valence-corrected chi connectivity index (χ3v) is 6.16. The van der Waals surface area contributed by atoms with Crippen LogP contribution in [0, 0.1) is 17.6 Å². The van der Waals surface area contributed by atoms with E-state index in [0.717, 1.165) is 47.8 Å². The van der Waals surface area contributed by atoms with Crippen LogP contribution >= 0.6 is 12.2 Å². The van der Waals surface area contributed by atoms with E-state index in [-0.39, 0.29) is 11.8 Å². The third-order valence-electron chi connectivity index (χ3n) is 5.84. The number of hydrogen-bond donors (Lipinski definition) is 2. The van der Waals surface area contributed by atoms with E-state index in [1.165, 1.54) is 5.56 Å². The van der Waals surface area contributed by atoms with Gasteiger partial charge in [0.2, 0.25) is 0 Å². The number of rotatable bonds is 5. The van der Waals surface area contributed by atoms with E-state index in [1.54, 1.807) is 0 Å². The molecule has 0 radical (unpaired) electrons. The molecule has 5 heteroatoms. The zero-order chi connectivity index (χ0) is 19.0. The number of carbonyl (C=O) groups is 1. The number of hydrogen-bond acceptors (Lipinski definition) is 2. The van der Waals surface area contributed by atoms with Crippen LogP contribution in [0.5, 0.6) is 0 Å². The molecule has 1 saturated carbocycles. The van der Waals surface area contributed by atoms with E-state index >= 15 is 0 Å². The number of benzene rings is 2. The molecule has 1 unspecified atom stereocenters. The van der Waals surface area contributed by atoms with Crippen molar-refractivity contribution < 1.29 is 9.90 Å². The summed E-state index contributed by atoms with van der Waals surface area (Å²) in [5, 5.41) is 9.72. The molecule has 0 bridgehead atoms. The summed E-state index contributed by atoms with van der Waals surface area (Å²) in [7, 11) is 0.